The van der Waals surface area contributed by atoms with Gasteiger partial charge in [-0.25, -0.2) is 0 Å². The number of benzene rings is 1. The first kappa shape index (κ1) is 10.7. The van der Waals surface area contributed by atoms with Crippen molar-refractivity contribution in [1.82, 2.24) is 5.32 Å². The topological polar surface area (TPSA) is 12.0 Å². The second kappa shape index (κ2) is 4.36. The van der Waals surface area contributed by atoms with Crippen LogP contribution in [0.1, 0.15) is 42.5 Å². The molecule has 2 atom stereocenters. The van der Waals surface area contributed by atoms with Crippen LogP contribution in [0, 0.1) is 19.8 Å². The van der Waals surface area contributed by atoms with Gasteiger partial charge in [-0.2, -0.15) is 0 Å². The SMILES string of the molecule is Cc1cccc(C2CC(C)CCN2)c1C. The Morgan fingerprint density at radius 3 is 2.80 bits per heavy atom. The second-order valence-corrected chi connectivity index (χ2v) is 4.93. The van der Waals surface area contributed by atoms with E-state index in [2.05, 4.69) is 44.3 Å². The van der Waals surface area contributed by atoms with Crippen LogP contribution in [0.25, 0.3) is 0 Å². The van der Waals surface area contributed by atoms with Gasteiger partial charge < -0.3 is 5.32 Å². The van der Waals surface area contributed by atoms with Gasteiger partial charge in [0.05, 0.1) is 0 Å². The lowest BCUT2D eigenvalue weighted by molar-refractivity contribution is 0.324. The van der Waals surface area contributed by atoms with E-state index < -0.39 is 0 Å². The van der Waals surface area contributed by atoms with Crippen LogP contribution < -0.4 is 5.32 Å². The molecule has 15 heavy (non-hydrogen) atoms. The van der Waals surface area contributed by atoms with E-state index in [0.29, 0.717) is 6.04 Å². The summed E-state index contributed by atoms with van der Waals surface area (Å²) < 4.78 is 0. The number of hydrogen-bond donors (Lipinski definition) is 1. The molecule has 0 bridgehead atoms. The maximum atomic E-state index is 3.63. The molecule has 1 aliphatic heterocycles. The van der Waals surface area contributed by atoms with Crippen LogP contribution in [-0.4, -0.2) is 6.54 Å². The number of hydrogen-bond acceptors (Lipinski definition) is 1. The van der Waals surface area contributed by atoms with Crippen molar-refractivity contribution in [2.45, 2.75) is 39.7 Å². The molecular formula is C14H21N. The van der Waals surface area contributed by atoms with Gasteiger partial charge >= 0.3 is 0 Å². The minimum Gasteiger partial charge on any atom is -0.310 e. The van der Waals surface area contributed by atoms with Crippen LogP contribution in [0.2, 0.25) is 0 Å². The van der Waals surface area contributed by atoms with Gasteiger partial charge in [-0.05, 0) is 55.8 Å². The largest absolute Gasteiger partial charge is 0.310 e. The Labute approximate surface area is 92.9 Å². The Hall–Kier alpha value is -0.820. The van der Waals surface area contributed by atoms with Crippen LogP contribution in [-0.2, 0) is 0 Å². The summed E-state index contributed by atoms with van der Waals surface area (Å²) in [5, 5.41) is 3.63. The van der Waals surface area contributed by atoms with Crippen molar-refractivity contribution < 1.29 is 0 Å². The van der Waals surface area contributed by atoms with E-state index in [0.717, 1.165) is 5.92 Å². The van der Waals surface area contributed by atoms with E-state index in [1.807, 2.05) is 0 Å². The lowest BCUT2D eigenvalue weighted by Crippen LogP contribution is -2.31. The predicted molar refractivity (Wildman–Crippen MR) is 65.1 cm³/mol. The van der Waals surface area contributed by atoms with Crippen LogP contribution >= 0.6 is 0 Å². The monoisotopic (exact) mass is 203 g/mol. The quantitative estimate of drug-likeness (QED) is 0.738. The smallest absolute Gasteiger partial charge is 0.0325 e. The normalized spacial score (nSPS) is 26.6. The fourth-order valence-electron chi connectivity index (χ4n) is 2.50. The molecule has 0 aromatic heterocycles. The molecule has 1 heteroatoms. The number of nitrogens with one attached hydrogen (secondary N) is 1. The van der Waals surface area contributed by atoms with Gasteiger partial charge in [-0.1, -0.05) is 25.1 Å². The standard InChI is InChI=1S/C14H21N/c1-10-7-8-15-14(9-10)13-6-4-5-11(2)12(13)3/h4-6,10,14-15H,7-9H2,1-3H3. The molecule has 0 radical (unpaired) electrons. The molecule has 2 rings (SSSR count). The van der Waals surface area contributed by atoms with E-state index in [1.165, 1.54) is 36.1 Å². The Morgan fingerprint density at radius 1 is 1.27 bits per heavy atom. The van der Waals surface area contributed by atoms with E-state index in [9.17, 15) is 0 Å². The number of rotatable bonds is 1. The molecule has 82 valence electrons. The minimum absolute atomic E-state index is 0.577. The molecular weight excluding hydrogens is 182 g/mol. The van der Waals surface area contributed by atoms with Crippen LogP contribution in [0.15, 0.2) is 18.2 Å². The van der Waals surface area contributed by atoms with Crippen LogP contribution in [0.4, 0.5) is 0 Å². The van der Waals surface area contributed by atoms with Gasteiger partial charge in [-0.3, -0.25) is 0 Å². The van der Waals surface area contributed by atoms with Crippen molar-refractivity contribution >= 4 is 0 Å². The zero-order valence-corrected chi connectivity index (χ0v) is 10.0. The summed E-state index contributed by atoms with van der Waals surface area (Å²) in [5.41, 5.74) is 4.37. The third-order valence-electron chi connectivity index (χ3n) is 3.69. The van der Waals surface area contributed by atoms with Crippen molar-refractivity contribution in [3.8, 4) is 0 Å². The third-order valence-corrected chi connectivity index (χ3v) is 3.69. The Balaban J connectivity index is 2.24. The van der Waals surface area contributed by atoms with Crippen molar-refractivity contribution in [3.05, 3.63) is 34.9 Å². The van der Waals surface area contributed by atoms with Crippen molar-refractivity contribution in [3.63, 3.8) is 0 Å². The maximum absolute atomic E-state index is 3.63. The van der Waals surface area contributed by atoms with Crippen LogP contribution in [0.5, 0.6) is 0 Å². The highest BCUT2D eigenvalue weighted by Gasteiger charge is 2.20. The first-order chi connectivity index (χ1) is 7.18. The zero-order valence-electron chi connectivity index (χ0n) is 10.0. The number of aryl methyl sites for hydroxylation is 1. The van der Waals surface area contributed by atoms with Gasteiger partial charge in [0.15, 0.2) is 0 Å². The molecule has 1 aliphatic rings. The summed E-state index contributed by atoms with van der Waals surface area (Å²) in [6.45, 7) is 7.97. The van der Waals surface area contributed by atoms with E-state index >= 15 is 0 Å². The highest BCUT2D eigenvalue weighted by Crippen LogP contribution is 2.29. The molecule has 1 heterocycles. The van der Waals surface area contributed by atoms with Crippen molar-refractivity contribution in [2.24, 2.45) is 5.92 Å². The second-order valence-electron chi connectivity index (χ2n) is 4.93. The molecule has 0 amide bonds. The predicted octanol–water partition coefficient (Wildman–Crippen LogP) is 3.36. The summed E-state index contributed by atoms with van der Waals surface area (Å²) in [6.07, 6.45) is 2.60. The summed E-state index contributed by atoms with van der Waals surface area (Å²) in [7, 11) is 0. The average molecular weight is 203 g/mol. The van der Waals surface area contributed by atoms with E-state index in [-0.39, 0.29) is 0 Å². The first-order valence-corrected chi connectivity index (χ1v) is 5.98. The highest BCUT2D eigenvalue weighted by atomic mass is 14.9. The first-order valence-electron chi connectivity index (χ1n) is 5.98. The Kier molecular flexibility index (Phi) is 3.11. The third kappa shape index (κ3) is 2.23. The van der Waals surface area contributed by atoms with E-state index in [4.69, 9.17) is 0 Å². The molecule has 1 N–H and O–H groups in total. The molecule has 0 aliphatic carbocycles. The fraction of sp³-hybridized carbons (Fsp3) is 0.571. The lowest BCUT2D eigenvalue weighted by Gasteiger charge is -2.30. The summed E-state index contributed by atoms with van der Waals surface area (Å²) in [4.78, 5) is 0. The van der Waals surface area contributed by atoms with E-state index in [1.54, 1.807) is 0 Å². The fourth-order valence-corrected chi connectivity index (χ4v) is 2.50. The summed E-state index contributed by atoms with van der Waals surface area (Å²) in [5.74, 6) is 0.858. The van der Waals surface area contributed by atoms with Gasteiger partial charge in [-0.15, -0.1) is 0 Å². The van der Waals surface area contributed by atoms with Crippen molar-refractivity contribution in [1.29, 1.82) is 0 Å². The van der Waals surface area contributed by atoms with Crippen molar-refractivity contribution in [2.75, 3.05) is 6.54 Å². The Morgan fingerprint density at radius 2 is 2.07 bits per heavy atom. The molecule has 1 nitrogen and oxygen atoms in total. The van der Waals surface area contributed by atoms with Gasteiger partial charge in [0, 0.05) is 6.04 Å². The summed E-state index contributed by atoms with van der Waals surface area (Å²) in [6, 6.07) is 7.23. The van der Waals surface area contributed by atoms with Gasteiger partial charge in [0.2, 0.25) is 0 Å². The Bertz CT molecular complexity index is 343. The molecule has 1 aromatic rings. The minimum atomic E-state index is 0.577. The van der Waals surface area contributed by atoms with Gasteiger partial charge in [0.1, 0.15) is 0 Å². The maximum Gasteiger partial charge on any atom is 0.0325 e. The average Bonchev–Trinajstić information content (AvgIpc) is 2.22. The molecule has 1 saturated heterocycles. The highest BCUT2D eigenvalue weighted by molar-refractivity contribution is 5.35. The van der Waals surface area contributed by atoms with Crippen LogP contribution in [0.3, 0.4) is 0 Å². The molecule has 0 spiro atoms. The molecule has 2 unspecified atom stereocenters. The molecule has 1 aromatic carbocycles. The lowest BCUT2D eigenvalue weighted by atomic mass is 9.87. The molecule has 1 fully saturated rings. The molecule has 0 saturated carbocycles. The number of piperidine rings is 1. The summed E-state index contributed by atoms with van der Waals surface area (Å²) >= 11 is 0. The van der Waals surface area contributed by atoms with Gasteiger partial charge in [0.25, 0.3) is 0 Å². The zero-order chi connectivity index (χ0) is 10.8.